The maximum absolute atomic E-state index is 12.6. The van der Waals surface area contributed by atoms with Crippen molar-refractivity contribution in [1.82, 2.24) is 9.80 Å². The Morgan fingerprint density at radius 1 is 1.39 bits per heavy atom. The lowest BCUT2D eigenvalue weighted by Crippen LogP contribution is -2.56. The average molecular weight is 252 g/mol. The predicted molar refractivity (Wildman–Crippen MR) is 70.3 cm³/mol. The highest BCUT2D eigenvalue weighted by Gasteiger charge is 2.39. The Hall–Kier alpha value is -0.900. The molecule has 0 bridgehead atoms. The minimum Gasteiger partial charge on any atom is -0.330 e. The van der Waals surface area contributed by atoms with E-state index < -0.39 is 0 Å². The largest absolute Gasteiger partial charge is 0.330 e. The molecule has 2 aliphatic heterocycles. The van der Waals surface area contributed by atoms with E-state index in [0.29, 0.717) is 13.0 Å². The number of amides is 1. The second kappa shape index (κ2) is 5.00. The normalized spacial score (nSPS) is 29.4. The molecule has 0 aliphatic carbocycles. The van der Waals surface area contributed by atoms with Crippen LogP contribution >= 0.6 is 0 Å². The fourth-order valence-electron chi connectivity index (χ4n) is 3.01. The molecule has 0 aromatic heterocycles. The first-order valence-corrected chi connectivity index (χ1v) is 6.92. The van der Waals surface area contributed by atoms with Crippen molar-refractivity contribution in [3.8, 4) is 0 Å². The van der Waals surface area contributed by atoms with Gasteiger partial charge in [-0.1, -0.05) is 0 Å². The SMILES string of the molecule is CN1CCCC(C(=O)N2CC(=O)CCC2(C)C)C1. The van der Waals surface area contributed by atoms with Crippen LogP contribution in [0.15, 0.2) is 0 Å². The fourth-order valence-corrected chi connectivity index (χ4v) is 3.01. The molecule has 102 valence electrons. The number of rotatable bonds is 1. The van der Waals surface area contributed by atoms with Crippen LogP contribution in [0, 0.1) is 5.92 Å². The van der Waals surface area contributed by atoms with Crippen LogP contribution in [0.3, 0.4) is 0 Å². The number of nitrogens with zero attached hydrogens (tertiary/aromatic N) is 2. The summed E-state index contributed by atoms with van der Waals surface area (Å²) in [5.41, 5.74) is -0.166. The highest BCUT2D eigenvalue weighted by atomic mass is 16.2. The summed E-state index contributed by atoms with van der Waals surface area (Å²) in [6.45, 7) is 6.37. The summed E-state index contributed by atoms with van der Waals surface area (Å²) in [5.74, 6) is 0.459. The Bertz CT molecular complexity index is 352. The van der Waals surface area contributed by atoms with Crippen molar-refractivity contribution in [2.24, 2.45) is 5.92 Å². The number of carbonyl (C=O) groups is 2. The van der Waals surface area contributed by atoms with Gasteiger partial charge in [-0.15, -0.1) is 0 Å². The van der Waals surface area contributed by atoms with Gasteiger partial charge in [0, 0.05) is 18.5 Å². The Kier molecular flexibility index (Phi) is 3.76. The van der Waals surface area contributed by atoms with Gasteiger partial charge in [-0.25, -0.2) is 0 Å². The van der Waals surface area contributed by atoms with Crippen molar-refractivity contribution in [3.63, 3.8) is 0 Å². The second-order valence-electron chi connectivity index (χ2n) is 6.38. The summed E-state index contributed by atoms with van der Waals surface area (Å²) < 4.78 is 0. The third-order valence-corrected chi connectivity index (χ3v) is 4.32. The minimum absolute atomic E-state index is 0.0777. The summed E-state index contributed by atoms with van der Waals surface area (Å²) in [7, 11) is 2.06. The van der Waals surface area contributed by atoms with E-state index in [4.69, 9.17) is 0 Å². The highest BCUT2D eigenvalue weighted by Crippen LogP contribution is 2.29. The molecule has 2 rings (SSSR count). The van der Waals surface area contributed by atoms with Crippen LogP contribution in [-0.4, -0.2) is 53.7 Å². The van der Waals surface area contributed by atoms with Gasteiger partial charge in [-0.05, 0) is 46.7 Å². The monoisotopic (exact) mass is 252 g/mol. The molecule has 1 atom stereocenters. The van der Waals surface area contributed by atoms with Crippen LogP contribution in [0.4, 0.5) is 0 Å². The number of ketones is 1. The molecule has 0 radical (unpaired) electrons. The van der Waals surface area contributed by atoms with Crippen molar-refractivity contribution >= 4 is 11.7 Å². The number of hydrogen-bond donors (Lipinski definition) is 0. The molecule has 2 fully saturated rings. The standard InChI is InChI=1S/C14H24N2O2/c1-14(2)7-6-12(17)10-16(14)13(18)11-5-4-8-15(3)9-11/h11H,4-10H2,1-3H3. The van der Waals surface area contributed by atoms with Gasteiger partial charge in [0.15, 0.2) is 5.78 Å². The molecule has 0 saturated carbocycles. The molecular formula is C14H24N2O2. The summed E-state index contributed by atoms with van der Waals surface area (Å²) in [4.78, 5) is 28.3. The highest BCUT2D eigenvalue weighted by molar-refractivity contribution is 5.89. The van der Waals surface area contributed by atoms with Gasteiger partial charge in [-0.3, -0.25) is 9.59 Å². The molecule has 0 N–H and O–H groups in total. The van der Waals surface area contributed by atoms with Gasteiger partial charge in [0.05, 0.1) is 12.5 Å². The number of hydrogen-bond acceptors (Lipinski definition) is 3. The second-order valence-corrected chi connectivity index (χ2v) is 6.38. The number of likely N-dealkylation sites (tertiary alicyclic amines) is 2. The summed E-state index contributed by atoms with van der Waals surface area (Å²) >= 11 is 0. The van der Waals surface area contributed by atoms with Gasteiger partial charge >= 0.3 is 0 Å². The molecule has 1 unspecified atom stereocenters. The third kappa shape index (κ3) is 2.74. The van der Waals surface area contributed by atoms with Crippen LogP contribution in [-0.2, 0) is 9.59 Å². The molecular weight excluding hydrogens is 228 g/mol. The Balaban J connectivity index is 2.08. The quantitative estimate of drug-likeness (QED) is 0.706. The summed E-state index contributed by atoms with van der Waals surface area (Å²) in [5, 5.41) is 0. The Morgan fingerprint density at radius 2 is 2.11 bits per heavy atom. The van der Waals surface area contributed by atoms with Gasteiger partial charge in [0.1, 0.15) is 0 Å². The lowest BCUT2D eigenvalue weighted by atomic mass is 9.87. The predicted octanol–water partition coefficient (Wildman–Crippen LogP) is 1.30. The van der Waals surface area contributed by atoms with E-state index in [-0.39, 0.29) is 23.1 Å². The van der Waals surface area contributed by atoms with Crippen LogP contribution in [0.1, 0.15) is 39.5 Å². The number of Topliss-reactive ketones (excluding diaryl/α,β-unsaturated/α-hetero) is 1. The van der Waals surface area contributed by atoms with E-state index in [9.17, 15) is 9.59 Å². The van der Waals surface area contributed by atoms with Crippen LogP contribution in [0.5, 0.6) is 0 Å². The van der Waals surface area contributed by atoms with E-state index in [1.165, 1.54) is 0 Å². The fraction of sp³-hybridized carbons (Fsp3) is 0.857. The van der Waals surface area contributed by atoms with Gasteiger partial charge in [0.25, 0.3) is 0 Å². The van der Waals surface area contributed by atoms with E-state index in [1.54, 1.807) is 0 Å². The first-order chi connectivity index (χ1) is 8.40. The van der Waals surface area contributed by atoms with Crippen molar-refractivity contribution in [2.75, 3.05) is 26.7 Å². The molecule has 2 saturated heterocycles. The Labute approximate surface area is 109 Å². The molecule has 4 nitrogen and oxygen atoms in total. The minimum atomic E-state index is -0.166. The zero-order valence-electron chi connectivity index (χ0n) is 11.7. The van der Waals surface area contributed by atoms with E-state index >= 15 is 0 Å². The van der Waals surface area contributed by atoms with Crippen molar-refractivity contribution in [2.45, 2.75) is 45.1 Å². The van der Waals surface area contributed by atoms with Crippen LogP contribution in [0.2, 0.25) is 0 Å². The first-order valence-electron chi connectivity index (χ1n) is 6.92. The Morgan fingerprint density at radius 3 is 2.78 bits per heavy atom. The maximum Gasteiger partial charge on any atom is 0.227 e. The molecule has 2 heterocycles. The molecule has 4 heteroatoms. The smallest absolute Gasteiger partial charge is 0.227 e. The zero-order valence-corrected chi connectivity index (χ0v) is 11.7. The number of carbonyl (C=O) groups excluding carboxylic acids is 2. The average Bonchev–Trinajstić information content (AvgIpc) is 2.31. The lowest BCUT2D eigenvalue weighted by Gasteiger charge is -2.44. The topological polar surface area (TPSA) is 40.6 Å². The zero-order chi connectivity index (χ0) is 13.3. The molecule has 2 aliphatic rings. The van der Waals surface area contributed by atoms with Gasteiger partial charge in [0.2, 0.25) is 5.91 Å². The summed E-state index contributed by atoms with van der Waals surface area (Å²) in [6.07, 6.45) is 3.44. The van der Waals surface area contributed by atoms with E-state index in [1.807, 2.05) is 4.90 Å². The molecule has 0 spiro atoms. The van der Waals surface area contributed by atoms with Crippen LogP contribution in [0.25, 0.3) is 0 Å². The molecule has 0 aromatic carbocycles. The maximum atomic E-state index is 12.6. The van der Waals surface area contributed by atoms with Gasteiger partial charge in [-0.2, -0.15) is 0 Å². The van der Waals surface area contributed by atoms with Crippen molar-refractivity contribution in [1.29, 1.82) is 0 Å². The summed E-state index contributed by atoms with van der Waals surface area (Å²) in [6, 6.07) is 0. The van der Waals surface area contributed by atoms with E-state index in [2.05, 4.69) is 25.8 Å². The van der Waals surface area contributed by atoms with E-state index in [0.717, 1.165) is 32.4 Å². The van der Waals surface area contributed by atoms with Crippen LogP contribution < -0.4 is 0 Å². The first kappa shape index (κ1) is 13.5. The lowest BCUT2D eigenvalue weighted by molar-refractivity contribution is -0.149. The number of piperidine rings is 2. The third-order valence-electron chi connectivity index (χ3n) is 4.32. The molecule has 18 heavy (non-hydrogen) atoms. The molecule has 1 amide bonds. The molecule has 0 aromatic rings. The van der Waals surface area contributed by atoms with Crippen molar-refractivity contribution < 1.29 is 9.59 Å². The van der Waals surface area contributed by atoms with Gasteiger partial charge < -0.3 is 9.80 Å². The van der Waals surface area contributed by atoms with Crippen molar-refractivity contribution in [3.05, 3.63) is 0 Å².